The van der Waals surface area contributed by atoms with Crippen LogP contribution in [0, 0.1) is 0 Å². The number of hydrogen-bond acceptors (Lipinski definition) is 3. The minimum atomic E-state index is 0.344. The van der Waals surface area contributed by atoms with Gasteiger partial charge in [0, 0.05) is 12.1 Å². The molecule has 1 aromatic rings. The summed E-state index contributed by atoms with van der Waals surface area (Å²) in [7, 11) is 0. The molecule has 2 N–H and O–H groups in total. The standard InChI is InChI=1S/C13H22N2O/c14-10-13(12-6-9-16-11-12)15-7-4-2-1-3-5-8-15/h6,9,11,13H,1-5,7-8,10,14H2. The molecule has 1 aliphatic heterocycles. The summed E-state index contributed by atoms with van der Waals surface area (Å²) in [5.41, 5.74) is 7.13. The van der Waals surface area contributed by atoms with E-state index in [0.29, 0.717) is 12.6 Å². The van der Waals surface area contributed by atoms with E-state index in [2.05, 4.69) is 4.90 Å². The second-order valence-electron chi connectivity index (χ2n) is 4.61. The smallest absolute Gasteiger partial charge is 0.0950 e. The highest BCUT2D eigenvalue weighted by atomic mass is 16.3. The van der Waals surface area contributed by atoms with Crippen molar-refractivity contribution in [2.75, 3.05) is 19.6 Å². The summed E-state index contributed by atoms with van der Waals surface area (Å²) in [6.07, 6.45) is 10.3. The average molecular weight is 222 g/mol. The summed E-state index contributed by atoms with van der Waals surface area (Å²) >= 11 is 0. The zero-order chi connectivity index (χ0) is 11.2. The lowest BCUT2D eigenvalue weighted by Gasteiger charge is -2.31. The number of nitrogens with zero attached hydrogens (tertiary/aromatic N) is 1. The Morgan fingerprint density at radius 2 is 1.88 bits per heavy atom. The maximum absolute atomic E-state index is 5.90. The Hall–Kier alpha value is -0.800. The molecule has 1 fully saturated rings. The molecular formula is C13H22N2O. The van der Waals surface area contributed by atoms with E-state index in [9.17, 15) is 0 Å². The Kier molecular flexibility index (Phi) is 4.43. The van der Waals surface area contributed by atoms with E-state index in [1.54, 1.807) is 6.26 Å². The van der Waals surface area contributed by atoms with Gasteiger partial charge in [-0.1, -0.05) is 19.3 Å². The van der Waals surface area contributed by atoms with E-state index < -0.39 is 0 Å². The molecule has 16 heavy (non-hydrogen) atoms. The minimum absolute atomic E-state index is 0.344. The van der Waals surface area contributed by atoms with Crippen molar-refractivity contribution >= 4 is 0 Å². The van der Waals surface area contributed by atoms with Crippen molar-refractivity contribution in [2.45, 2.75) is 38.1 Å². The van der Waals surface area contributed by atoms with E-state index in [1.807, 2.05) is 12.3 Å². The zero-order valence-corrected chi connectivity index (χ0v) is 9.90. The quantitative estimate of drug-likeness (QED) is 0.854. The molecule has 0 amide bonds. The predicted octanol–water partition coefficient (Wildman–Crippen LogP) is 2.55. The molecular weight excluding hydrogens is 200 g/mol. The second kappa shape index (κ2) is 6.06. The maximum atomic E-state index is 5.90. The molecule has 1 saturated heterocycles. The average Bonchev–Trinajstić information content (AvgIpc) is 2.75. The lowest BCUT2D eigenvalue weighted by atomic mass is 10.0. The first-order valence-corrected chi connectivity index (χ1v) is 6.38. The Morgan fingerprint density at radius 3 is 2.44 bits per heavy atom. The Labute approximate surface area is 97.6 Å². The predicted molar refractivity (Wildman–Crippen MR) is 65.2 cm³/mol. The van der Waals surface area contributed by atoms with Gasteiger partial charge in [0.2, 0.25) is 0 Å². The highest BCUT2D eigenvalue weighted by Gasteiger charge is 2.20. The van der Waals surface area contributed by atoms with Crippen LogP contribution in [0.1, 0.15) is 43.7 Å². The molecule has 1 aliphatic rings. The number of nitrogens with two attached hydrogens (primary N) is 1. The molecule has 0 spiro atoms. The third-order valence-electron chi connectivity index (χ3n) is 3.48. The number of furan rings is 1. The third kappa shape index (κ3) is 2.86. The van der Waals surface area contributed by atoms with Gasteiger partial charge in [0.25, 0.3) is 0 Å². The molecule has 2 heterocycles. The van der Waals surface area contributed by atoms with Crippen LogP contribution in [0.15, 0.2) is 23.0 Å². The molecule has 0 aliphatic carbocycles. The van der Waals surface area contributed by atoms with Crippen molar-refractivity contribution in [3.05, 3.63) is 24.2 Å². The van der Waals surface area contributed by atoms with Crippen LogP contribution >= 0.6 is 0 Å². The van der Waals surface area contributed by atoms with Crippen molar-refractivity contribution in [3.63, 3.8) is 0 Å². The van der Waals surface area contributed by atoms with Crippen molar-refractivity contribution in [1.29, 1.82) is 0 Å². The summed E-state index contributed by atoms with van der Waals surface area (Å²) in [6.45, 7) is 3.03. The van der Waals surface area contributed by atoms with E-state index in [4.69, 9.17) is 10.2 Å². The van der Waals surface area contributed by atoms with Gasteiger partial charge in [-0.25, -0.2) is 0 Å². The molecule has 0 bridgehead atoms. The van der Waals surface area contributed by atoms with E-state index >= 15 is 0 Å². The second-order valence-corrected chi connectivity index (χ2v) is 4.61. The molecule has 0 aromatic carbocycles. The van der Waals surface area contributed by atoms with Gasteiger partial charge >= 0.3 is 0 Å². The number of hydrogen-bond donors (Lipinski definition) is 1. The van der Waals surface area contributed by atoms with E-state index in [0.717, 1.165) is 0 Å². The fourth-order valence-corrected chi connectivity index (χ4v) is 2.54. The van der Waals surface area contributed by atoms with Crippen molar-refractivity contribution in [1.82, 2.24) is 4.90 Å². The highest BCUT2D eigenvalue weighted by Crippen LogP contribution is 2.23. The van der Waals surface area contributed by atoms with Gasteiger partial charge in [-0.2, -0.15) is 0 Å². The van der Waals surface area contributed by atoms with E-state index in [1.165, 1.54) is 50.8 Å². The molecule has 3 heteroatoms. The monoisotopic (exact) mass is 222 g/mol. The molecule has 3 nitrogen and oxygen atoms in total. The first-order valence-electron chi connectivity index (χ1n) is 6.38. The van der Waals surface area contributed by atoms with Crippen LogP contribution in [0.2, 0.25) is 0 Å². The summed E-state index contributed by atoms with van der Waals surface area (Å²) in [5, 5.41) is 0. The Morgan fingerprint density at radius 1 is 1.19 bits per heavy atom. The maximum Gasteiger partial charge on any atom is 0.0950 e. The summed E-state index contributed by atoms with van der Waals surface area (Å²) in [6, 6.07) is 2.38. The minimum Gasteiger partial charge on any atom is -0.472 e. The Balaban J connectivity index is 2.01. The fourth-order valence-electron chi connectivity index (χ4n) is 2.54. The van der Waals surface area contributed by atoms with Crippen LogP contribution in [0.25, 0.3) is 0 Å². The molecule has 1 aromatic heterocycles. The summed E-state index contributed by atoms with van der Waals surface area (Å²) in [4.78, 5) is 2.52. The van der Waals surface area contributed by atoms with Crippen molar-refractivity contribution in [2.24, 2.45) is 5.73 Å². The topological polar surface area (TPSA) is 42.4 Å². The summed E-state index contributed by atoms with van der Waals surface area (Å²) in [5.74, 6) is 0. The molecule has 0 radical (unpaired) electrons. The van der Waals surface area contributed by atoms with Gasteiger partial charge < -0.3 is 10.2 Å². The third-order valence-corrected chi connectivity index (χ3v) is 3.48. The molecule has 90 valence electrons. The highest BCUT2D eigenvalue weighted by molar-refractivity contribution is 5.12. The van der Waals surface area contributed by atoms with Gasteiger partial charge in [-0.15, -0.1) is 0 Å². The first kappa shape index (κ1) is 11.7. The summed E-state index contributed by atoms with van der Waals surface area (Å²) < 4.78 is 5.16. The number of rotatable bonds is 3. The van der Waals surface area contributed by atoms with Crippen LogP contribution in [0.5, 0.6) is 0 Å². The van der Waals surface area contributed by atoms with Gasteiger partial charge in [0.1, 0.15) is 0 Å². The van der Waals surface area contributed by atoms with E-state index in [-0.39, 0.29) is 0 Å². The van der Waals surface area contributed by atoms with Crippen LogP contribution in [-0.4, -0.2) is 24.5 Å². The first-order chi connectivity index (χ1) is 7.92. The van der Waals surface area contributed by atoms with Gasteiger partial charge in [-0.05, 0) is 32.0 Å². The van der Waals surface area contributed by atoms with Gasteiger partial charge in [0.05, 0.1) is 18.6 Å². The van der Waals surface area contributed by atoms with Crippen molar-refractivity contribution < 1.29 is 4.42 Å². The van der Waals surface area contributed by atoms with Gasteiger partial charge in [0.15, 0.2) is 0 Å². The zero-order valence-electron chi connectivity index (χ0n) is 9.90. The van der Waals surface area contributed by atoms with Crippen LogP contribution in [0.4, 0.5) is 0 Å². The Bertz CT molecular complexity index is 276. The lowest BCUT2D eigenvalue weighted by molar-refractivity contribution is 0.183. The molecule has 0 saturated carbocycles. The number of likely N-dealkylation sites (tertiary alicyclic amines) is 1. The van der Waals surface area contributed by atoms with Crippen LogP contribution in [-0.2, 0) is 0 Å². The largest absolute Gasteiger partial charge is 0.472 e. The normalized spacial score (nSPS) is 21.3. The lowest BCUT2D eigenvalue weighted by Crippen LogP contribution is -2.35. The molecule has 2 rings (SSSR count). The SMILES string of the molecule is NCC(c1ccoc1)N1CCCCCCC1. The van der Waals surface area contributed by atoms with Gasteiger partial charge in [-0.3, -0.25) is 4.90 Å². The van der Waals surface area contributed by atoms with Crippen LogP contribution < -0.4 is 5.73 Å². The molecule has 1 atom stereocenters. The fraction of sp³-hybridized carbons (Fsp3) is 0.692. The molecule has 1 unspecified atom stereocenters. The van der Waals surface area contributed by atoms with Crippen LogP contribution in [0.3, 0.4) is 0 Å². The van der Waals surface area contributed by atoms with Crippen molar-refractivity contribution in [3.8, 4) is 0 Å².